The van der Waals surface area contributed by atoms with E-state index in [1.54, 1.807) is 48.5 Å². The molecule has 0 aliphatic heterocycles. The normalized spacial score (nSPS) is 11.5. The molecule has 4 nitrogen and oxygen atoms in total. The molecule has 2 N–H and O–H groups in total. The predicted octanol–water partition coefficient (Wildman–Crippen LogP) is 7.86. The van der Waals surface area contributed by atoms with Crippen molar-refractivity contribution in [1.29, 1.82) is 0 Å². The minimum absolute atomic E-state index is 0.0344. The lowest BCUT2D eigenvalue weighted by Gasteiger charge is -2.18. The largest absolute Gasteiger partial charge is 0.325 e. The van der Waals surface area contributed by atoms with Gasteiger partial charge < -0.3 is 10.6 Å². The first-order valence-electron chi connectivity index (χ1n) is 10.5. The summed E-state index contributed by atoms with van der Waals surface area (Å²) < 4.78 is 13.9. The highest BCUT2D eigenvalue weighted by Gasteiger charge is 2.22. The number of hydrogen-bond donors (Lipinski definition) is 2. The molecule has 176 valence electrons. The van der Waals surface area contributed by atoms with Crippen LogP contribution in [0, 0.1) is 5.82 Å². The topological polar surface area (TPSA) is 58.2 Å². The molecule has 8 heteroatoms. The van der Waals surface area contributed by atoms with Gasteiger partial charge in [0.15, 0.2) is 0 Å². The van der Waals surface area contributed by atoms with Crippen molar-refractivity contribution in [2.24, 2.45) is 0 Å². The summed E-state index contributed by atoms with van der Waals surface area (Å²) in [4.78, 5) is 26.4. The first-order chi connectivity index (χ1) is 16.9. The lowest BCUT2D eigenvalue weighted by Crippen LogP contribution is -2.19. The van der Waals surface area contributed by atoms with E-state index in [4.69, 9.17) is 23.2 Å². The van der Waals surface area contributed by atoms with Crippen molar-refractivity contribution in [3.05, 3.63) is 124 Å². The van der Waals surface area contributed by atoms with Gasteiger partial charge in [0, 0.05) is 26.3 Å². The van der Waals surface area contributed by atoms with Crippen molar-refractivity contribution in [2.45, 2.75) is 10.1 Å². The molecule has 0 aliphatic rings. The molecule has 1 unspecified atom stereocenters. The Kier molecular flexibility index (Phi) is 8.08. The highest BCUT2D eigenvalue weighted by atomic mass is 35.5. The van der Waals surface area contributed by atoms with Gasteiger partial charge in [-0.1, -0.05) is 65.7 Å². The van der Waals surface area contributed by atoms with Crippen molar-refractivity contribution in [3.8, 4) is 0 Å². The maximum absolute atomic E-state index is 13.9. The van der Waals surface area contributed by atoms with Crippen LogP contribution in [-0.4, -0.2) is 11.8 Å². The summed E-state index contributed by atoms with van der Waals surface area (Å²) in [7, 11) is 0. The number of rotatable bonds is 7. The third kappa shape index (κ3) is 6.63. The molecule has 0 bridgehead atoms. The van der Waals surface area contributed by atoms with Crippen LogP contribution in [0.2, 0.25) is 10.0 Å². The number of carbonyl (C=O) groups excluding carboxylic acids is 2. The van der Waals surface area contributed by atoms with E-state index in [1.807, 2.05) is 30.3 Å². The van der Waals surface area contributed by atoms with E-state index in [1.165, 1.54) is 30.0 Å². The minimum Gasteiger partial charge on any atom is -0.325 e. The molecule has 4 aromatic carbocycles. The molecule has 0 aromatic heterocycles. The number of halogens is 3. The van der Waals surface area contributed by atoms with Crippen molar-refractivity contribution >= 4 is 58.2 Å². The number of amides is 2. The van der Waals surface area contributed by atoms with Crippen molar-refractivity contribution < 1.29 is 14.0 Å². The summed E-state index contributed by atoms with van der Waals surface area (Å²) in [5.74, 6) is -1.36. The van der Waals surface area contributed by atoms with Crippen LogP contribution >= 0.6 is 35.0 Å². The monoisotopic (exact) mass is 524 g/mol. The van der Waals surface area contributed by atoms with Crippen LogP contribution in [0.1, 0.15) is 21.2 Å². The zero-order valence-electron chi connectivity index (χ0n) is 18.2. The molecule has 35 heavy (non-hydrogen) atoms. The van der Waals surface area contributed by atoms with Crippen LogP contribution in [-0.2, 0) is 4.79 Å². The average Bonchev–Trinajstić information content (AvgIpc) is 2.83. The molecule has 4 aromatic rings. The number of thioether (sulfide) groups is 1. The van der Waals surface area contributed by atoms with Crippen LogP contribution in [0.5, 0.6) is 0 Å². The molecule has 4 rings (SSSR count). The van der Waals surface area contributed by atoms with Crippen molar-refractivity contribution in [1.82, 2.24) is 0 Å². The summed E-state index contributed by atoms with van der Waals surface area (Å²) in [5.41, 5.74) is 1.80. The lowest BCUT2D eigenvalue weighted by atomic mass is 10.1. The van der Waals surface area contributed by atoms with Gasteiger partial charge in [0.25, 0.3) is 5.91 Å². The summed E-state index contributed by atoms with van der Waals surface area (Å²) in [6.45, 7) is 0. The van der Waals surface area contributed by atoms with Gasteiger partial charge in [0.1, 0.15) is 11.1 Å². The van der Waals surface area contributed by atoms with Gasteiger partial charge in [-0.15, -0.1) is 11.8 Å². The Morgan fingerprint density at radius 1 is 0.743 bits per heavy atom. The fourth-order valence-electron chi connectivity index (χ4n) is 3.33. The zero-order chi connectivity index (χ0) is 24.8. The summed E-state index contributed by atoms with van der Waals surface area (Å²) >= 11 is 13.5. The minimum atomic E-state index is -0.588. The zero-order valence-corrected chi connectivity index (χ0v) is 20.5. The van der Waals surface area contributed by atoms with E-state index in [0.717, 1.165) is 10.5 Å². The Morgan fingerprint density at radius 2 is 1.37 bits per heavy atom. The predicted molar refractivity (Wildman–Crippen MR) is 141 cm³/mol. The summed E-state index contributed by atoms with van der Waals surface area (Å²) in [6.07, 6.45) is 0. The Morgan fingerprint density at radius 3 is 2.03 bits per heavy atom. The van der Waals surface area contributed by atoms with Gasteiger partial charge in [-0.3, -0.25) is 9.59 Å². The number of carbonyl (C=O) groups is 2. The Bertz CT molecular complexity index is 1330. The molecule has 0 radical (unpaired) electrons. The fourth-order valence-corrected chi connectivity index (χ4v) is 4.88. The number of benzene rings is 4. The van der Waals surface area contributed by atoms with E-state index < -0.39 is 17.0 Å². The summed E-state index contributed by atoms with van der Waals surface area (Å²) in [5, 5.41) is 5.85. The standard InChI is InChI=1S/C27H19Cl2FN2O2S/c28-18-14-19(29)16-21(15-18)32-27(34)25(17-6-2-1-3-7-17)35-22-12-10-20(11-13-22)31-26(33)23-8-4-5-9-24(23)30/h1-16,25H,(H,31,33)(H,32,34). The third-order valence-corrected chi connectivity index (χ3v) is 6.66. The summed E-state index contributed by atoms with van der Waals surface area (Å²) in [6, 6.07) is 27.0. The Labute approximate surface area is 216 Å². The molecule has 2 amide bonds. The molecular formula is C27H19Cl2FN2O2S. The van der Waals surface area contributed by atoms with Gasteiger partial charge in [-0.2, -0.15) is 0 Å². The van der Waals surface area contributed by atoms with Crippen LogP contribution in [0.15, 0.2) is 102 Å². The fraction of sp³-hybridized carbons (Fsp3) is 0.0370. The molecule has 1 atom stereocenters. The van der Waals surface area contributed by atoms with Gasteiger partial charge in [0.05, 0.1) is 5.56 Å². The van der Waals surface area contributed by atoms with Crippen molar-refractivity contribution in [2.75, 3.05) is 10.6 Å². The molecular weight excluding hydrogens is 506 g/mol. The van der Waals surface area contributed by atoms with Gasteiger partial charge >= 0.3 is 0 Å². The Balaban J connectivity index is 1.50. The quantitative estimate of drug-likeness (QED) is 0.242. The van der Waals surface area contributed by atoms with Gasteiger partial charge in [-0.05, 0) is 60.2 Å². The molecule has 0 saturated carbocycles. The molecule has 0 saturated heterocycles. The van der Waals surface area contributed by atoms with Crippen LogP contribution < -0.4 is 10.6 Å². The second-order valence-electron chi connectivity index (χ2n) is 7.51. The van der Waals surface area contributed by atoms with E-state index in [-0.39, 0.29) is 11.5 Å². The number of nitrogens with one attached hydrogen (secondary N) is 2. The van der Waals surface area contributed by atoms with E-state index in [2.05, 4.69) is 10.6 Å². The van der Waals surface area contributed by atoms with Gasteiger partial charge in [0.2, 0.25) is 5.91 Å². The second-order valence-corrected chi connectivity index (χ2v) is 9.57. The second kappa shape index (κ2) is 11.4. The SMILES string of the molecule is O=C(Nc1ccc(SC(C(=O)Nc2cc(Cl)cc(Cl)c2)c2ccccc2)cc1)c1ccccc1F. The van der Waals surface area contributed by atoms with Crippen LogP contribution in [0.3, 0.4) is 0 Å². The maximum atomic E-state index is 13.9. The van der Waals surface area contributed by atoms with Crippen molar-refractivity contribution in [3.63, 3.8) is 0 Å². The first kappa shape index (κ1) is 24.8. The van der Waals surface area contributed by atoms with Crippen LogP contribution in [0.4, 0.5) is 15.8 Å². The van der Waals surface area contributed by atoms with E-state index in [9.17, 15) is 14.0 Å². The molecule has 0 aliphatic carbocycles. The first-order valence-corrected chi connectivity index (χ1v) is 12.2. The number of anilines is 2. The average molecular weight is 525 g/mol. The Hall–Kier alpha value is -3.32. The third-order valence-electron chi connectivity index (χ3n) is 4.96. The molecule has 0 heterocycles. The van der Waals surface area contributed by atoms with Crippen LogP contribution in [0.25, 0.3) is 0 Å². The molecule has 0 fully saturated rings. The smallest absolute Gasteiger partial charge is 0.258 e. The molecule has 0 spiro atoms. The number of hydrogen-bond acceptors (Lipinski definition) is 3. The van der Waals surface area contributed by atoms with Gasteiger partial charge in [-0.25, -0.2) is 4.39 Å². The highest BCUT2D eigenvalue weighted by molar-refractivity contribution is 8.00. The van der Waals surface area contributed by atoms with E-state index in [0.29, 0.717) is 21.4 Å². The maximum Gasteiger partial charge on any atom is 0.258 e. The van der Waals surface area contributed by atoms with E-state index >= 15 is 0 Å². The lowest BCUT2D eigenvalue weighted by molar-refractivity contribution is -0.115. The highest BCUT2D eigenvalue weighted by Crippen LogP contribution is 2.37.